The van der Waals surface area contributed by atoms with Crippen molar-refractivity contribution in [1.29, 1.82) is 0 Å². The molecule has 0 fully saturated rings. The number of fused-ring (bicyclic) bond motifs is 1. The standard InChI is InChI=1S/C14H8ClFN4O/c15-12-7-18-11(6-19-12)14(21)20-10-5-9(16)4-8-2-1-3-17-13(8)10/h1-7H,(H,20,21). The normalized spacial score (nSPS) is 10.6. The summed E-state index contributed by atoms with van der Waals surface area (Å²) < 4.78 is 13.6. The first-order valence-electron chi connectivity index (χ1n) is 5.96. The van der Waals surface area contributed by atoms with E-state index in [9.17, 15) is 9.18 Å². The Kier molecular flexibility index (Phi) is 3.45. The average molecular weight is 303 g/mol. The number of pyridine rings is 1. The van der Waals surface area contributed by atoms with Crippen molar-refractivity contribution in [2.75, 3.05) is 5.32 Å². The van der Waals surface area contributed by atoms with Crippen molar-refractivity contribution in [3.63, 3.8) is 0 Å². The van der Waals surface area contributed by atoms with Gasteiger partial charge in [-0.25, -0.2) is 14.4 Å². The third-order valence-electron chi connectivity index (χ3n) is 2.77. The predicted octanol–water partition coefficient (Wildman–Crippen LogP) is 3.07. The fourth-order valence-electron chi connectivity index (χ4n) is 1.87. The molecule has 0 atom stereocenters. The van der Waals surface area contributed by atoms with Gasteiger partial charge in [-0.05, 0) is 18.2 Å². The molecule has 0 saturated heterocycles. The lowest BCUT2D eigenvalue weighted by atomic mass is 10.2. The van der Waals surface area contributed by atoms with E-state index in [2.05, 4.69) is 20.3 Å². The Morgan fingerprint density at radius 3 is 2.81 bits per heavy atom. The Morgan fingerprint density at radius 2 is 2.05 bits per heavy atom. The van der Waals surface area contributed by atoms with Gasteiger partial charge in [0.15, 0.2) is 0 Å². The van der Waals surface area contributed by atoms with Gasteiger partial charge >= 0.3 is 0 Å². The predicted molar refractivity (Wildman–Crippen MR) is 76.7 cm³/mol. The number of hydrogen-bond acceptors (Lipinski definition) is 4. The highest BCUT2D eigenvalue weighted by Crippen LogP contribution is 2.23. The lowest BCUT2D eigenvalue weighted by molar-refractivity contribution is 0.102. The summed E-state index contributed by atoms with van der Waals surface area (Å²) in [5.41, 5.74) is 0.842. The number of halogens is 2. The molecule has 2 aromatic heterocycles. The van der Waals surface area contributed by atoms with E-state index in [0.29, 0.717) is 10.9 Å². The number of rotatable bonds is 2. The molecule has 0 unspecified atom stereocenters. The van der Waals surface area contributed by atoms with Crippen LogP contribution in [0.25, 0.3) is 10.9 Å². The Hall–Kier alpha value is -2.60. The summed E-state index contributed by atoms with van der Waals surface area (Å²) in [6.07, 6.45) is 4.07. The Bertz CT molecular complexity index is 823. The minimum atomic E-state index is -0.517. The van der Waals surface area contributed by atoms with Crippen molar-refractivity contribution in [3.8, 4) is 0 Å². The minimum absolute atomic E-state index is 0.0766. The molecule has 1 aromatic carbocycles. The monoisotopic (exact) mass is 302 g/mol. The van der Waals surface area contributed by atoms with Crippen molar-refractivity contribution in [1.82, 2.24) is 15.0 Å². The van der Waals surface area contributed by atoms with Gasteiger partial charge < -0.3 is 5.32 Å². The lowest BCUT2D eigenvalue weighted by Crippen LogP contribution is -2.14. The van der Waals surface area contributed by atoms with Gasteiger partial charge in [-0.3, -0.25) is 9.78 Å². The Morgan fingerprint density at radius 1 is 1.19 bits per heavy atom. The molecule has 0 saturated carbocycles. The quantitative estimate of drug-likeness (QED) is 0.790. The van der Waals surface area contributed by atoms with Gasteiger partial charge in [0.25, 0.3) is 5.91 Å². The van der Waals surface area contributed by atoms with Gasteiger partial charge in [0.2, 0.25) is 0 Å². The van der Waals surface area contributed by atoms with E-state index in [-0.39, 0.29) is 16.5 Å². The fraction of sp³-hybridized carbons (Fsp3) is 0. The molecule has 3 aromatic rings. The van der Waals surface area contributed by atoms with Gasteiger partial charge in [-0.1, -0.05) is 17.7 Å². The summed E-state index contributed by atoms with van der Waals surface area (Å²) in [4.78, 5) is 23.8. The summed E-state index contributed by atoms with van der Waals surface area (Å²) in [5, 5.41) is 3.35. The van der Waals surface area contributed by atoms with Crippen LogP contribution in [-0.2, 0) is 0 Å². The first kappa shape index (κ1) is 13.4. The van der Waals surface area contributed by atoms with Crippen molar-refractivity contribution in [2.24, 2.45) is 0 Å². The van der Waals surface area contributed by atoms with Crippen LogP contribution in [0.1, 0.15) is 10.5 Å². The maximum absolute atomic E-state index is 13.6. The van der Waals surface area contributed by atoms with E-state index in [1.165, 1.54) is 24.5 Å². The van der Waals surface area contributed by atoms with E-state index in [1.807, 2.05) is 0 Å². The van der Waals surface area contributed by atoms with E-state index < -0.39 is 11.7 Å². The topological polar surface area (TPSA) is 67.8 Å². The minimum Gasteiger partial charge on any atom is -0.319 e. The molecular formula is C14H8ClFN4O. The zero-order valence-electron chi connectivity index (χ0n) is 10.5. The van der Waals surface area contributed by atoms with E-state index in [1.54, 1.807) is 18.3 Å². The summed E-state index contributed by atoms with van der Waals surface area (Å²) in [5.74, 6) is -0.982. The molecule has 0 radical (unpaired) electrons. The molecule has 5 nitrogen and oxygen atoms in total. The van der Waals surface area contributed by atoms with Crippen molar-refractivity contribution >= 4 is 34.1 Å². The molecule has 2 heterocycles. The number of aromatic nitrogens is 3. The number of carbonyl (C=O) groups excluding carboxylic acids is 1. The van der Waals surface area contributed by atoms with Crippen LogP contribution in [-0.4, -0.2) is 20.9 Å². The summed E-state index contributed by atoms with van der Waals surface area (Å²) in [7, 11) is 0. The second-order valence-corrected chi connectivity index (χ2v) is 4.59. The molecular weight excluding hydrogens is 295 g/mol. The highest BCUT2D eigenvalue weighted by Gasteiger charge is 2.12. The van der Waals surface area contributed by atoms with Gasteiger partial charge in [-0.2, -0.15) is 0 Å². The Balaban J connectivity index is 1.98. The number of carbonyl (C=O) groups is 1. The van der Waals surface area contributed by atoms with Crippen LogP contribution in [0, 0.1) is 5.82 Å². The zero-order valence-corrected chi connectivity index (χ0v) is 11.3. The van der Waals surface area contributed by atoms with Crippen molar-refractivity contribution in [2.45, 2.75) is 0 Å². The number of hydrogen-bond donors (Lipinski definition) is 1. The molecule has 21 heavy (non-hydrogen) atoms. The highest BCUT2D eigenvalue weighted by molar-refractivity contribution is 6.29. The van der Waals surface area contributed by atoms with Crippen molar-refractivity contribution in [3.05, 3.63) is 59.5 Å². The first-order valence-corrected chi connectivity index (χ1v) is 6.34. The molecule has 7 heteroatoms. The van der Waals surface area contributed by atoms with Gasteiger partial charge in [0, 0.05) is 11.6 Å². The van der Waals surface area contributed by atoms with Crippen LogP contribution in [0.5, 0.6) is 0 Å². The number of nitrogens with zero attached hydrogens (tertiary/aromatic N) is 3. The van der Waals surface area contributed by atoms with E-state index in [0.717, 1.165) is 0 Å². The highest BCUT2D eigenvalue weighted by atomic mass is 35.5. The van der Waals surface area contributed by atoms with E-state index >= 15 is 0 Å². The SMILES string of the molecule is O=C(Nc1cc(F)cc2cccnc12)c1cnc(Cl)cn1. The maximum atomic E-state index is 13.6. The number of nitrogens with one attached hydrogen (secondary N) is 1. The number of benzene rings is 1. The third-order valence-corrected chi connectivity index (χ3v) is 2.97. The molecule has 0 bridgehead atoms. The summed E-state index contributed by atoms with van der Waals surface area (Å²) in [6, 6.07) is 5.96. The zero-order chi connectivity index (χ0) is 14.8. The maximum Gasteiger partial charge on any atom is 0.275 e. The molecule has 1 N–H and O–H groups in total. The average Bonchev–Trinajstić information content (AvgIpc) is 2.47. The van der Waals surface area contributed by atoms with Crippen LogP contribution in [0.2, 0.25) is 5.15 Å². The summed E-state index contributed by atoms with van der Waals surface area (Å²) >= 11 is 5.61. The van der Waals surface area contributed by atoms with Gasteiger partial charge in [-0.15, -0.1) is 0 Å². The molecule has 1 amide bonds. The largest absolute Gasteiger partial charge is 0.319 e. The molecule has 0 aliphatic heterocycles. The molecule has 0 spiro atoms. The van der Waals surface area contributed by atoms with Gasteiger partial charge in [0.1, 0.15) is 16.7 Å². The lowest BCUT2D eigenvalue weighted by Gasteiger charge is -2.08. The van der Waals surface area contributed by atoms with Gasteiger partial charge in [0.05, 0.1) is 23.6 Å². The molecule has 3 rings (SSSR count). The molecule has 0 aliphatic rings. The number of anilines is 1. The summed E-state index contributed by atoms with van der Waals surface area (Å²) in [6.45, 7) is 0. The third kappa shape index (κ3) is 2.80. The van der Waals surface area contributed by atoms with E-state index in [4.69, 9.17) is 11.6 Å². The fourth-order valence-corrected chi connectivity index (χ4v) is 1.96. The Labute approximate surface area is 123 Å². The second-order valence-electron chi connectivity index (χ2n) is 4.21. The van der Waals surface area contributed by atoms with Crippen LogP contribution < -0.4 is 5.32 Å². The van der Waals surface area contributed by atoms with Crippen LogP contribution in [0.15, 0.2) is 42.9 Å². The second kappa shape index (κ2) is 5.41. The number of amides is 1. The smallest absolute Gasteiger partial charge is 0.275 e. The first-order chi connectivity index (χ1) is 10.1. The van der Waals surface area contributed by atoms with Crippen LogP contribution in [0.3, 0.4) is 0 Å². The molecule has 0 aliphatic carbocycles. The van der Waals surface area contributed by atoms with Crippen LogP contribution in [0.4, 0.5) is 10.1 Å². The molecule has 104 valence electrons. The van der Waals surface area contributed by atoms with Crippen LogP contribution >= 0.6 is 11.6 Å². The van der Waals surface area contributed by atoms with Crippen molar-refractivity contribution < 1.29 is 9.18 Å².